The van der Waals surface area contributed by atoms with E-state index in [9.17, 15) is 18.0 Å². The second-order valence-corrected chi connectivity index (χ2v) is 12.8. The lowest BCUT2D eigenvalue weighted by Gasteiger charge is -2.34. The fourth-order valence-corrected chi connectivity index (χ4v) is 5.74. The Morgan fingerprint density at radius 3 is 2.15 bits per heavy atom. The molecule has 0 radical (unpaired) electrons. The fourth-order valence-electron chi connectivity index (χ4n) is 4.19. The summed E-state index contributed by atoms with van der Waals surface area (Å²) in [6.07, 6.45) is 0.344. The highest BCUT2D eigenvalue weighted by molar-refractivity contribution is 7.92. The van der Waals surface area contributed by atoms with Crippen molar-refractivity contribution < 1.29 is 18.0 Å². The van der Waals surface area contributed by atoms with E-state index in [1.165, 1.54) is 17.0 Å². The number of nitrogens with zero attached hydrogens (tertiary/aromatic N) is 2. The number of carbonyl (C=O) groups excluding carboxylic acids is 2. The number of amides is 2. The van der Waals surface area contributed by atoms with Crippen LogP contribution in [0, 0.1) is 6.92 Å². The Morgan fingerprint density at radius 2 is 1.59 bits per heavy atom. The van der Waals surface area contributed by atoms with Crippen LogP contribution in [-0.4, -0.2) is 43.3 Å². The first-order valence-corrected chi connectivity index (χ1v) is 14.6. The summed E-state index contributed by atoms with van der Waals surface area (Å²) in [5, 5.41) is 3.51. The molecule has 1 N–H and O–H groups in total. The van der Waals surface area contributed by atoms with Crippen molar-refractivity contribution in [2.45, 2.75) is 64.1 Å². The highest BCUT2D eigenvalue weighted by Crippen LogP contribution is 2.26. The number of benzene rings is 3. The fraction of sp³-hybridized carbons (Fsp3) is 0.333. The first-order valence-electron chi connectivity index (χ1n) is 12.8. The van der Waals surface area contributed by atoms with Crippen LogP contribution in [0.3, 0.4) is 0 Å². The van der Waals surface area contributed by atoms with Crippen molar-refractivity contribution in [3.8, 4) is 0 Å². The Bertz CT molecular complexity index is 1390. The number of sulfonamides is 1. The maximum absolute atomic E-state index is 14.0. The molecule has 208 valence electrons. The Hall–Kier alpha value is -3.36. The topological polar surface area (TPSA) is 86.8 Å². The van der Waals surface area contributed by atoms with Gasteiger partial charge >= 0.3 is 0 Å². The summed E-state index contributed by atoms with van der Waals surface area (Å²) in [6.45, 7) is 8.93. The van der Waals surface area contributed by atoms with Crippen molar-refractivity contribution in [3.05, 3.63) is 95.0 Å². The molecule has 2 amide bonds. The second kappa shape index (κ2) is 12.7. The third-order valence-corrected chi connectivity index (χ3v) is 8.09. The van der Waals surface area contributed by atoms with Gasteiger partial charge in [-0.05, 0) is 81.6 Å². The van der Waals surface area contributed by atoms with Gasteiger partial charge in [-0.15, -0.1) is 0 Å². The number of rotatable bonds is 10. The van der Waals surface area contributed by atoms with E-state index in [-0.39, 0.29) is 17.3 Å². The Labute approximate surface area is 236 Å². The average Bonchev–Trinajstić information content (AvgIpc) is 2.87. The maximum Gasteiger partial charge on any atom is 0.264 e. The van der Waals surface area contributed by atoms with Crippen LogP contribution in [0.15, 0.2) is 83.8 Å². The smallest absolute Gasteiger partial charge is 0.264 e. The van der Waals surface area contributed by atoms with E-state index in [1.54, 1.807) is 60.7 Å². The van der Waals surface area contributed by atoms with E-state index in [0.29, 0.717) is 17.1 Å². The molecule has 0 aliphatic carbocycles. The van der Waals surface area contributed by atoms with Gasteiger partial charge in [0.15, 0.2) is 0 Å². The number of halogens is 1. The first-order chi connectivity index (χ1) is 18.3. The summed E-state index contributed by atoms with van der Waals surface area (Å²) in [6, 6.07) is 21.2. The van der Waals surface area contributed by atoms with Crippen LogP contribution in [0.1, 0.15) is 45.2 Å². The quantitative estimate of drug-likeness (QED) is 0.346. The van der Waals surface area contributed by atoms with Crippen molar-refractivity contribution >= 4 is 39.1 Å². The molecule has 3 rings (SSSR count). The van der Waals surface area contributed by atoms with Gasteiger partial charge in [-0.1, -0.05) is 61.0 Å². The number of nitrogens with one attached hydrogen (secondary N) is 1. The summed E-state index contributed by atoms with van der Waals surface area (Å²) < 4.78 is 28.8. The predicted octanol–water partition coefficient (Wildman–Crippen LogP) is 5.57. The van der Waals surface area contributed by atoms with Crippen LogP contribution < -0.4 is 9.62 Å². The lowest BCUT2D eigenvalue weighted by atomic mass is 10.1. The Kier molecular flexibility index (Phi) is 9.80. The number of anilines is 1. The standard InChI is InChI=1S/C30H36ClN3O4S/c1-6-27(29(36)32-30(3,4)5)33(20-23-15-17-24(31)18-16-23)28(35)21-34(25-12-10-11-22(2)19-25)39(37,38)26-13-8-7-9-14-26/h7-19,27H,6,20-21H2,1-5H3,(H,32,36)/t27-/m0/s1. The van der Waals surface area contributed by atoms with Crippen molar-refractivity contribution in [2.24, 2.45) is 0 Å². The van der Waals surface area contributed by atoms with E-state index >= 15 is 0 Å². The van der Waals surface area contributed by atoms with E-state index in [1.807, 2.05) is 40.7 Å². The number of carbonyl (C=O) groups is 2. The molecule has 39 heavy (non-hydrogen) atoms. The second-order valence-electron chi connectivity index (χ2n) is 10.5. The Balaban J connectivity index is 2.06. The molecular weight excluding hydrogens is 534 g/mol. The molecule has 0 saturated heterocycles. The molecule has 0 aliphatic rings. The molecule has 3 aromatic rings. The molecule has 0 spiro atoms. The Morgan fingerprint density at radius 1 is 0.949 bits per heavy atom. The van der Waals surface area contributed by atoms with Gasteiger partial charge in [-0.3, -0.25) is 13.9 Å². The summed E-state index contributed by atoms with van der Waals surface area (Å²) in [7, 11) is -4.09. The number of aryl methyl sites for hydroxylation is 1. The maximum atomic E-state index is 14.0. The van der Waals surface area contributed by atoms with Gasteiger partial charge in [0.05, 0.1) is 10.6 Å². The van der Waals surface area contributed by atoms with E-state index in [0.717, 1.165) is 15.4 Å². The van der Waals surface area contributed by atoms with Crippen LogP contribution in [0.5, 0.6) is 0 Å². The minimum Gasteiger partial charge on any atom is -0.350 e. The molecule has 9 heteroatoms. The molecule has 7 nitrogen and oxygen atoms in total. The molecule has 0 saturated carbocycles. The lowest BCUT2D eigenvalue weighted by molar-refractivity contribution is -0.141. The lowest BCUT2D eigenvalue weighted by Crippen LogP contribution is -2.55. The van der Waals surface area contributed by atoms with E-state index < -0.39 is 34.1 Å². The molecule has 0 bridgehead atoms. The van der Waals surface area contributed by atoms with Gasteiger partial charge in [-0.25, -0.2) is 8.42 Å². The zero-order valence-corrected chi connectivity index (χ0v) is 24.6. The minimum absolute atomic E-state index is 0.0704. The molecule has 0 heterocycles. The van der Waals surface area contributed by atoms with Crippen molar-refractivity contribution in [2.75, 3.05) is 10.8 Å². The van der Waals surface area contributed by atoms with Crippen molar-refractivity contribution in [3.63, 3.8) is 0 Å². The number of hydrogen-bond donors (Lipinski definition) is 1. The van der Waals surface area contributed by atoms with Crippen molar-refractivity contribution in [1.29, 1.82) is 0 Å². The van der Waals surface area contributed by atoms with Crippen LogP contribution >= 0.6 is 11.6 Å². The third-order valence-electron chi connectivity index (χ3n) is 6.05. The summed E-state index contributed by atoms with van der Waals surface area (Å²) in [5.41, 5.74) is 1.47. The van der Waals surface area contributed by atoms with E-state index in [4.69, 9.17) is 11.6 Å². The van der Waals surface area contributed by atoms with E-state index in [2.05, 4.69) is 5.32 Å². The van der Waals surface area contributed by atoms with Crippen LogP contribution in [-0.2, 0) is 26.2 Å². The minimum atomic E-state index is -4.09. The van der Waals surface area contributed by atoms with Crippen LogP contribution in [0.2, 0.25) is 5.02 Å². The van der Waals surface area contributed by atoms with Crippen LogP contribution in [0.4, 0.5) is 5.69 Å². The van der Waals surface area contributed by atoms with Gasteiger partial charge in [0.25, 0.3) is 10.0 Å². The highest BCUT2D eigenvalue weighted by Gasteiger charge is 2.34. The highest BCUT2D eigenvalue weighted by atomic mass is 35.5. The summed E-state index contributed by atoms with van der Waals surface area (Å²) >= 11 is 6.06. The molecule has 1 atom stereocenters. The molecule has 3 aromatic carbocycles. The van der Waals surface area contributed by atoms with Gasteiger partial charge in [0.1, 0.15) is 12.6 Å². The number of hydrogen-bond acceptors (Lipinski definition) is 4. The SMILES string of the molecule is CC[C@@H](C(=O)NC(C)(C)C)N(Cc1ccc(Cl)cc1)C(=O)CN(c1cccc(C)c1)S(=O)(=O)c1ccccc1. The summed E-state index contributed by atoms with van der Waals surface area (Å²) in [5.74, 6) is -0.804. The normalized spacial score (nSPS) is 12.5. The third kappa shape index (κ3) is 8.07. The van der Waals surface area contributed by atoms with Crippen LogP contribution in [0.25, 0.3) is 0 Å². The largest absolute Gasteiger partial charge is 0.350 e. The molecule has 0 fully saturated rings. The van der Waals surface area contributed by atoms with Gasteiger partial charge in [-0.2, -0.15) is 0 Å². The molecule has 0 aliphatic heterocycles. The van der Waals surface area contributed by atoms with Gasteiger partial charge in [0, 0.05) is 17.1 Å². The first kappa shape index (κ1) is 30.2. The van der Waals surface area contributed by atoms with Gasteiger partial charge < -0.3 is 10.2 Å². The zero-order chi connectivity index (χ0) is 28.8. The molecule has 0 unspecified atom stereocenters. The molecular formula is C30H36ClN3O4S. The average molecular weight is 570 g/mol. The monoisotopic (exact) mass is 569 g/mol. The van der Waals surface area contributed by atoms with Crippen molar-refractivity contribution in [1.82, 2.24) is 10.2 Å². The molecule has 0 aromatic heterocycles. The zero-order valence-electron chi connectivity index (χ0n) is 23.0. The van der Waals surface area contributed by atoms with Gasteiger partial charge in [0.2, 0.25) is 11.8 Å². The predicted molar refractivity (Wildman–Crippen MR) is 156 cm³/mol. The summed E-state index contributed by atoms with van der Waals surface area (Å²) in [4.78, 5) is 28.9.